The lowest BCUT2D eigenvalue weighted by Crippen LogP contribution is -2.25. The molecule has 0 unspecified atom stereocenters. The Hall–Kier alpha value is -3.64. The van der Waals surface area contributed by atoms with Gasteiger partial charge in [-0.2, -0.15) is 0 Å². The summed E-state index contributed by atoms with van der Waals surface area (Å²) in [4.78, 5) is 27.4. The van der Waals surface area contributed by atoms with Crippen molar-refractivity contribution in [2.24, 2.45) is 0 Å². The molecule has 4 rings (SSSR count). The number of allylic oxidation sites excluding steroid dienone is 1. The van der Waals surface area contributed by atoms with E-state index in [1.54, 1.807) is 25.1 Å². The fraction of sp³-hybridized carbons (Fsp3) is 0.185. The van der Waals surface area contributed by atoms with Crippen LogP contribution < -0.4 is 4.90 Å². The van der Waals surface area contributed by atoms with Crippen LogP contribution in [0.5, 0.6) is 0 Å². The second-order valence-corrected chi connectivity index (χ2v) is 8.60. The van der Waals surface area contributed by atoms with Crippen molar-refractivity contribution in [3.05, 3.63) is 98.7 Å². The molecule has 0 fully saturated rings. The highest BCUT2D eigenvalue weighted by Crippen LogP contribution is 2.37. The maximum atomic E-state index is 14.6. The molecule has 1 aliphatic heterocycles. The quantitative estimate of drug-likeness (QED) is 0.337. The molecule has 1 aromatic heterocycles. The Morgan fingerprint density at radius 3 is 2.41 bits per heavy atom. The standard InChI is InChI=1S/C27H24ClFN2O3/c1-15-10-11-20(14-22(15)28)30-16(2)12-19(17(30)3)13-21-25(27(33)34-5)18(4)31(26(21)32)24-9-7-6-8-23(24)29/h6-14H,1-5H3/b21-13-. The van der Waals surface area contributed by atoms with Crippen LogP contribution in [0.2, 0.25) is 5.02 Å². The van der Waals surface area contributed by atoms with Gasteiger partial charge in [-0.25, -0.2) is 9.18 Å². The van der Waals surface area contributed by atoms with E-state index >= 15 is 0 Å². The fourth-order valence-electron chi connectivity index (χ4n) is 4.31. The van der Waals surface area contributed by atoms with Crippen molar-refractivity contribution >= 4 is 35.2 Å². The Balaban J connectivity index is 1.86. The molecule has 2 heterocycles. The molecule has 7 heteroatoms. The second-order valence-electron chi connectivity index (χ2n) is 8.20. The first-order chi connectivity index (χ1) is 16.1. The van der Waals surface area contributed by atoms with Crippen molar-refractivity contribution in [1.29, 1.82) is 0 Å². The minimum atomic E-state index is -0.657. The van der Waals surface area contributed by atoms with Crippen molar-refractivity contribution in [2.45, 2.75) is 27.7 Å². The van der Waals surface area contributed by atoms with Crippen LogP contribution in [0, 0.1) is 26.6 Å². The molecule has 0 saturated heterocycles. The number of nitrogens with zero attached hydrogens (tertiary/aromatic N) is 2. The second kappa shape index (κ2) is 8.95. The van der Waals surface area contributed by atoms with Crippen LogP contribution in [0.1, 0.15) is 29.4 Å². The molecule has 174 valence electrons. The summed E-state index contributed by atoms with van der Waals surface area (Å²) < 4.78 is 21.5. The lowest BCUT2D eigenvalue weighted by Gasteiger charge is -2.18. The van der Waals surface area contributed by atoms with E-state index in [9.17, 15) is 14.0 Å². The molecule has 0 radical (unpaired) electrons. The third-order valence-corrected chi connectivity index (χ3v) is 6.47. The number of carbonyl (C=O) groups excluding carboxylic acids is 2. The number of ether oxygens (including phenoxy) is 1. The van der Waals surface area contributed by atoms with E-state index in [4.69, 9.17) is 16.3 Å². The van der Waals surface area contributed by atoms with Crippen molar-refractivity contribution in [3.63, 3.8) is 0 Å². The number of para-hydroxylation sites is 1. The van der Waals surface area contributed by atoms with E-state index < -0.39 is 17.7 Å². The Labute approximate surface area is 202 Å². The Morgan fingerprint density at radius 1 is 1.06 bits per heavy atom. The number of aromatic nitrogens is 1. The SMILES string of the molecule is COC(=O)C1=C(C)N(c2ccccc2F)C(=O)/C1=C\c1cc(C)n(-c2ccc(C)c(Cl)c2)c1C. The molecular weight excluding hydrogens is 455 g/mol. The summed E-state index contributed by atoms with van der Waals surface area (Å²) in [6.45, 7) is 7.42. The number of rotatable bonds is 4. The smallest absolute Gasteiger partial charge is 0.340 e. The van der Waals surface area contributed by atoms with Gasteiger partial charge in [-0.1, -0.05) is 29.8 Å². The Morgan fingerprint density at radius 2 is 1.76 bits per heavy atom. The summed E-state index contributed by atoms with van der Waals surface area (Å²) in [5.74, 6) is -1.71. The maximum absolute atomic E-state index is 14.6. The van der Waals surface area contributed by atoms with E-state index in [2.05, 4.69) is 0 Å². The number of methoxy groups -OCH3 is 1. The summed E-state index contributed by atoms with van der Waals surface area (Å²) in [6, 6.07) is 13.7. The molecule has 0 aliphatic carbocycles. The first-order valence-electron chi connectivity index (χ1n) is 10.7. The number of halogens is 2. The van der Waals surface area contributed by atoms with E-state index in [0.29, 0.717) is 10.7 Å². The van der Waals surface area contributed by atoms with E-state index in [-0.39, 0.29) is 16.8 Å². The van der Waals surface area contributed by atoms with Crippen LogP contribution in [0.4, 0.5) is 10.1 Å². The first-order valence-corrected chi connectivity index (χ1v) is 11.1. The Bertz CT molecular complexity index is 1400. The van der Waals surface area contributed by atoms with Crippen molar-refractivity contribution < 1.29 is 18.7 Å². The minimum absolute atomic E-state index is 0.0783. The summed E-state index contributed by atoms with van der Waals surface area (Å²) in [5, 5.41) is 0.656. The molecule has 1 amide bonds. The number of hydrogen-bond acceptors (Lipinski definition) is 3. The van der Waals surface area contributed by atoms with Crippen LogP contribution in [0.15, 0.2) is 65.4 Å². The molecular formula is C27H24ClFN2O3. The number of anilines is 1. The number of aryl methyl sites for hydroxylation is 2. The lowest BCUT2D eigenvalue weighted by atomic mass is 10.0. The van der Waals surface area contributed by atoms with E-state index in [1.807, 2.05) is 49.6 Å². The van der Waals surface area contributed by atoms with Crippen LogP contribution in [-0.4, -0.2) is 23.6 Å². The zero-order valence-corrected chi connectivity index (χ0v) is 20.3. The van der Waals surface area contributed by atoms with Crippen LogP contribution in [-0.2, 0) is 14.3 Å². The van der Waals surface area contributed by atoms with Crippen LogP contribution in [0.25, 0.3) is 11.8 Å². The predicted molar refractivity (Wildman–Crippen MR) is 132 cm³/mol. The van der Waals surface area contributed by atoms with Gasteiger partial charge >= 0.3 is 5.97 Å². The van der Waals surface area contributed by atoms with E-state index in [0.717, 1.165) is 28.2 Å². The molecule has 34 heavy (non-hydrogen) atoms. The molecule has 2 aromatic carbocycles. The number of esters is 1. The topological polar surface area (TPSA) is 51.5 Å². The minimum Gasteiger partial charge on any atom is -0.465 e. The molecule has 0 saturated carbocycles. The maximum Gasteiger partial charge on any atom is 0.340 e. The average molecular weight is 479 g/mol. The van der Waals surface area contributed by atoms with Gasteiger partial charge in [0.1, 0.15) is 5.82 Å². The van der Waals surface area contributed by atoms with Gasteiger partial charge in [0, 0.05) is 27.8 Å². The van der Waals surface area contributed by atoms with Gasteiger partial charge in [0.05, 0.1) is 23.9 Å². The van der Waals surface area contributed by atoms with Gasteiger partial charge in [0.15, 0.2) is 0 Å². The molecule has 0 atom stereocenters. The van der Waals surface area contributed by atoms with Crippen LogP contribution in [0.3, 0.4) is 0 Å². The summed E-state index contributed by atoms with van der Waals surface area (Å²) >= 11 is 6.34. The predicted octanol–water partition coefficient (Wildman–Crippen LogP) is 6.07. The van der Waals surface area contributed by atoms with Crippen molar-refractivity contribution in [2.75, 3.05) is 12.0 Å². The molecule has 0 N–H and O–H groups in total. The normalized spacial score (nSPS) is 15.0. The molecule has 0 spiro atoms. The van der Waals surface area contributed by atoms with Gasteiger partial charge in [-0.05, 0) is 75.2 Å². The fourth-order valence-corrected chi connectivity index (χ4v) is 4.49. The first kappa shape index (κ1) is 23.5. The summed E-state index contributed by atoms with van der Waals surface area (Å²) in [5.41, 5.74) is 5.06. The van der Waals surface area contributed by atoms with Gasteiger partial charge < -0.3 is 9.30 Å². The van der Waals surface area contributed by atoms with E-state index in [1.165, 1.54) is 24.1 Å². The monoisotopic (exact) mass is 478 g/mol. The number of amides is 1. The molecule has 0 bridgehead atoms. The van der Waals surface area contributed by atoms with Gasteiger partial charge in [0.25, 0.3) is 5.91 Å². The zero-order chi connectivity index (χ0) is 24.7. The number of hydrogen-bond donors (Lipinski definition) is 0. The largest absolute Gasteiger partial charge is 0.465 e. The van der Waals surface area contributed by atoms with Gasteiger partial charge in [-0.3, -0.25) is 9.69 Å². The highest BCUT2D eigenvalue weighted by molar-refractivity contribution is 6.31. The van der Waals surface area contributed by atoms with Crippen molar-refractivity contribution in [3.8, 4) is 5.69 Å². The number of benzene rings is 2. The van der Waals surface area contributed by atoms with Crippen LogP contribution >= 0.6 is 11.6 Å². The zero-order valence-electron chi connectivity index (χ0n) is 19.6. The third-order valence-electron chi connectivity index (χ3n) is 6.07. The summed E-state index contributed by atoms with van der Waals surface area (Å²) in [7, 11) is 1.25. The Kier molecular flexibility index (Phi) is 6.19. The van der Waals surface area contributed by atoms with Crippen molar-refractivity contribution in [1.82, 2.24) is 4.57 Å². The van der Waals surface area contributed by atoms with Gasteiger partial charge in [-0.15, -0.1) is 0 Å². The molecule has 5 nitrogen and oxygen atoms in total. The molecule has 1 aliphatic rings. The number of carbonyl (C=O) groups is 2. The third kappa shape index (κ3) is 3.84. The lowest BCUT2D eigenvalue weighted by molar-refractivity contribution is -0.136. The summed E-state index contributed by atoms with van der Waals surface area (Å²) in [6.07, 6.45) is 1.66. The van der Waals surface area contributed by atoms with Gasteiger partial charge in [0.2, 0.25) is 0 Å². The molecule has 3 aromatic rings. The average Bonchev–Trinajstić information content (AvgIpc) is 3.22. The highest BCUT2D eigenvalue weighted by atomic mass is 35.5. The highest BCUT2D eigenvalue weighted by Gasteiger charge is 2.39.